The van der Waals surface area contributed by atoms with Crippen molar-refractivity contribution in [3.05, 3.63) is 38.2 Å². The fourth-order valence-electron chi connectivity index (χ4n) is 2.96. The lowest BCUT2D eigenvalue weighted by atomic mass is 9.90. The second kappa shape index (κ2) is 5.51. The van der Waals surface area contributed by atoms with Crippen LogP contribution in [0.2, 0.25) is 0 Å². The van der Waals surface area contributed by atoms with Crippen LogP contribution in [0.1, 0.15) is 49.0 Å². The van der Waals surface area contributed by atoms with Gasteiger partial charge >= 0.3 is 5.69 Å². The first-order valence-electron chi connectivity index (χ1n) is 7.67. The van der Waals surface area contributed by atoms with Gasteiger partial charge in [0.15, 0.2) is 5.78 Å². The van der Waals surface area contributed by atoms with Crippen molar-refractivity contribution >= 4 is 16.8 Å². The van der Waals surface area contributed by atoms with Crippen LogP contribution < -0.4 is 11.2 Å². The standard InChI is InChI=1S/C16H19N3O3/c1-9(2)6-7-19-14-13(15(21)18-16(19)22)10-4-3-5-12(20)11(10)8-17-14/h8-9H,3-7H2,1-2H3,(H,18,21,22). The largest absolute Gasteiger partial charge is 0.329 e. The number of rotatable bonds is 3. The van der Waals surface area contributed by atoms with E-state index in [9.17, 15) is 14.4 Å². The van der Waals surface area contributed by atoms with Crippen LogP contribution in [-0.2, 0) is 13.0 Å². The molecule has 0 unspecified atom stereocenters. The number of H-pyrrole nitrogens is 1. The summed E-state index contributed by atoms with van der Waals surface area (Å²) >= 11 is 0. The Bertz CT molecular complexity index is 861. The number of Topliss-reactive ketones (excluding diaryl/α,β-unsaturated/α-hetero) is 1. The number of nitrogens with zero attached hydrogens (tertiary/aromatic N) is 2. The van der Waals surface area contributed by atoms with Crippen LogP contribution >= 0.6 is 0 Å². The molecule has 2 heterocycles. The summed E-state index contributed by atoms with van der Waals surface area (Å²) in [5.74, 6) is 0.461. The van der Waals surface area contributed by atoms with Gasteiger partial charge in [-0.1, -0.05) is 13.8 Å². The highest BCUT2D eigenvalue weighted by Gasteiger charge is 2.23. The van der Waals surface area contributed by atoms with Gasteiger partial charge in [0.25, 0.3) is 5.56 Å². The number of carbonyl (C=O) groups is 1. The summed E-state index contributed by atoms with van der Waals surface area (Å²) in [5.41, 5.74) is 0.773. The Hall–Kier alpha value is -2.24. The smallest absolute Gasteiger partial charge is 0.294 e. The third-order valence-corrected chi connectivity index (χ3v) is 4.18. The first-order chi connectivity index (χ1) is 10.5. The van der Waals surface area contributed by atoms with Crippen LogP contribution in [0.5, 0.6) is 0 Å². The molecule has 2 aromatic rings. The van der Waals surface area contributed by atoms with Crippen molar-refractivity contribution in [2.45, 2.75) is 46.1 Å². The van der Waals surface area contributed by atoms with Gasteiger partial charge in [-0.3, -0.25) is 19.1 Å². The van der Waals surface area contributed by atoms with Crippen LogP contribution in [-0.4, -0.2) is 20.3 Å². The van der Waals surface area contributed by atoms with Gasteiger partial charge in [-0.05, 0) is 30.7 Å². The molecule has 2 aromatic heterocycles. The number of ketones is 1. The van der Waals surface area contributed by atoms with E-state index in [0.29, 0.717) is 41.9 Å². The monoisotopic (exact) mass is 301 g/mol. The molecule has 0 aromatic carbocycles. The van der Waals surface area contributed by atoms with Gasteiger partial charge in [-0.25, -0.2) is 9.78 Å². The average molecular weight is 301 g/mol. The molecule has 6 heteroatoms. The van der Waals surface area contributed by atoms with Crippen LogP contribution in [0.25, 0.3) is 11.0 Å². The van der Waals surface area contributed by atoms with Crippen molar-refractivity contribution < 1.29 is 4.79 Å². The predicted octanol–water partition coefficient (Wildman–Crippen LogP) is 1.65. The molecule has 0 saturated carbocycles. The third kappa shape index (κ3) is 2.38. The van der Waals surface area contributed by atoms with Crippen LogP contribution in [0.15, 0.2) is 15.8 Å². The molecular weight excluding hydrogens is 282 g/mol. The van der Waals surface area contributed by atoms with Crippen molar-refractivity contribution in [2.24, 2.45) is 5.92 Å². The van der Waals surface area contributed by atoms with E-state index in [2.05, 4.69) is 23.8 Å². The van der Waals surface area contributed by atoms with Crippen molar-refractivity contribution in [1.29, 1.82) is 0 Å². The van der Waals surface area contributed by atoms with Gasteiger partial charge in [-0.2, -0.15) is 0 Å². The predicted molar refractivity (Wildman–Crippen MR) is 83.3 cm³/mol. The topological polar surface area (TPSA) is 84.8 Å². The lowest BCUT2D eigenvalue weighted by Crippen LogP contribution is -2.32. The first kappa shape index (κ1) is 14.7. The minimum atomic E-state index is -0.445. The van der Waals surface area contributed by atoms with Crippen LogP contribution in [0, 0.1) is 5.92 Å². The molecule has 1 aliphatic carbocycles. The van der Waals surface area contributed by atoms with E-state index in [-0.39, 0.29) is 5.78 Å². The fourth-order valence-corrected chi connectivity index (χ4v) is 2.96. The van der Waals surface area contributed by atoms with E-state index >= 15 is 0 Å². The Labute approximate surface area is 127 Å². The van der Waals surface area contributed by atoms with E-state index in [1.807, 2.05) is 0 Å². The maximum atomic E-state index is 12.2. The van der Waals surface area contributed by atoms with Gasteiger partial charge in [0.2, 0.25) is 0 Å². The molecule has 116 valence electrons. The van der Waals surface area contributed by atoms with Crippen molar-refractivity contribution in [3.63, 3.8) is 0 Å². The second-order valence-corrected chi connectivity index (χ2v) is 6.22. The summed E-state index contributed by atoms with van der Waals surface area (Å²) < 4.78 is 1.51. The van der Waals surface area contributed by atoms with E-state index < -0.39 is 11.2 Å². The molecule has 6 nitrogen and oxygen atoms in total. The molecule has 0 amide bonds. The van der Waals surface area contributed by atoms with E-state index in [1.165, 1.54) is 10.8 Å². The number of aromatic nitrogens is 3. The van der Waals surface area contributed by atoms with Gasteiger partial charge in [0.1, 0.15) is 5.65 Å². The molecule has 0 radical (unpaired) electrons. The number of aromatic amines is 1. The van der Waals surface area contributed by atoms with E-state index in [4.69, 9.17) is 0 Å². The molecule has 1 aliphatic rings. The molecule has 0 saturated heterocycles. The maximum absolute atomic E-state index is 12.2. The highest BCUT2D eigenvalue weighted by molar-refractivity contribution is 6.01. The average Bonchev–Trinajstić information content (AvgIpc) is 2.46. The summed E-state index contributed by atoms with van der Waals surface area (Å²) in [5, 5.41) is 0.397. The fraction of sp³-hybridized carbons (Fsp3) is 0.500. The Morgan fingerprint density at radius 2 is 2.05 bits per heavy atom. The highest BCUT2D eigenvalue weighted by atomic mass is 16.2. The quantitative estimate of drug-likeness (QED) is 0.934. The SMILES string of the molecule is CC(C)CCn1c(=O)[nH]c(=O)c2c3c(cnc21)C(=O)CCC3. The molecule has 3 rings (SSSR count). The van der Waals surface area contributed by atoms with Crippen molar-refractivity contribution in [1.82, 2.24) is 14.5 Å². The molecule has 0 bridgehead atoms. The third-order valence-electron chi connectivity index (χ3n) is 4.18. The van der Waals surface area contributed by atoms with Crippen molar-refractivity contribution in [3.8, 4) is 0 Å². The summed E-state index contributed by atoms with van der Waals surface area (Å²) in [6.07, 6.45) is 4.23. The molecule has 0 fully saturated rings. The Morgan fingerprint density at radius 3 is 2.77 bits per heavy atom. The van der Waals surface area contributed by atoms with Crippen LogP contribution in [0.3, 0.4) is 0 Å². The normalized spacial score (nSPS) is 14.6. The minimum Gasteiger partial charge on any atom is -0.294 e. The minimum absolute atomic E-state index is 0.0231. The summed E-state index contributed by atoms with van der Waals surface area (Å²) in [4.78, 5) is 43.0. The number of hydrogen-bond acceptors (Lipinski definition) is 4. The van der Waals surface area contributed by atoms with Gasteiger partial charge in [-0.15, -0.1) is 0 Å². The number of aryl methyl sites for hydroxylation is 2. The van der Waals surface area contributed by atoms with Gasteiger partial charge in [0, 0.05) is 24.7 Å². The molecule has 0 atom stereocenters. The summed E-state index contributed by atoms with van der Waals surface area (Å²) in [6.45, 7) is 4.66. The highest BCUT2D eigenvalue weighted by Crippen LogP contribution is 2.25. The molecule has 1 N–H and O–H groups in total. The zero-order valence-corrected chi connectivity index (χ0v) is 12.8. The lowest BCUT2D eigenvalue weighted by molar-refractivity contribution is 0.0972. The molecule has 0 spiro atoms. The molecule has 0 aliphatic heterocycles. The molecular formula is C16H19N3O3. The Balaban J connectivity index is 2.28. The van der Waals surface area contributed by atoms with Crippen LogP contribution in [0.4, 0.5) is 0 Å². The van der Waals surface area contributed by atoms with Gasteiger partial charge in [0.05, 0.1) is 5.39 Å². The zero-order chi connectivity index (χ0) is 15.9. The number of fused-ring (bicyclic) bond motifs is 3. The van der Waals surface area contributed by atoms with E-state index in [0.717, 1.165) is 18.4 Å². The first-order valence-corrected chi connectivity index (χ1v) is 7.67. The second-order valence-electron chi connectivity index (χ2n) is 6.22. The summed E-state index contributed by atoms with van der Waals surface area (Å²) in [6, 6.07) is 0. The Morgan fingerprint density at radius 1 is 1.27 bits per heavy atom. The molecule has 22 heavy (non-hydrogen) atoms. The number of carbonyl (C=O) groups excluding carboxylic acids is 1. The van der Waals surface area contributed by atoms with Crippen molar-refractivity contribution in [2.75, 3.05) is 0 Å². The number of pyridine rings is 1. The summed E-state index contributed by atoms with van der Waals surface area (Å²) in [7, 11) is 0. The maximum Gasteiger partial charge on any atom is 0.329 e. The Kier molecular flexibility index (Phi) is 3.68. The number of nitrogens with one attached hydrogen (secondary N) is 1. The van der Waals surface area contributed by atoms with E-state index in [1.54, 1.807) is 0 Å². The van der Waals surface area contributed by atoms with Gasteiger partial charge < -0.3 is 0 Å². The zero-order valence-electron chi connectivity index (χ0n) is 12.8. The lowest BCUT2D eigenvalue weighted by Gasteiger charge is -2.17. The number of hydrogen-bond donors (Lipinski definition) is 1.